The predicted molar refractivity (Wildman–Crippen MR) is 94.7 cm³/mol. The number of carbonyl (C=O) groups is 2. The molecule has 0 aromatic heterocycles. The summed E-state index contributed by atoms with van der Waals surface area (Å²) in [5, 5.41) is 0. The van der Waals surface area contributed by atoms with Crippen LogP contribution in [-0.4, -0.2) is 37.9 Å². The molecule has 1 atom stereocenters. The summed E-state index contributed by atoms with van der Waals surface area (Å²) in [4.78, 5) is 25.9. The summed E-state index contributed by atoms with van der Waals surface area (Å²) < 4.78 is 16.4. The third kappa shape index (κ3) is 3.61. The van der Waals surface area contributed by atoms with Crippen molar-refractivity contribution >= 4 is 18.0 Å². The summed E-state index contributed by atoms with van der Waals surface area (Å²) in [6.07, 6.45) is 1.21. The van der Waals surface area contributed by atoms with E-state index in [1.165, 1.54) is 0 Å². The van der Waals surface area contributed by atoms with Crippen LogP contribution in [0.25, 0.3) is 6.08 Å². The van der Waals surface area contributed by atoms with Gasteiger partial charge in [-0.1, -0.05) is 50.3 Å². The number of hydrogen-bond donors (Lipinski definition) is 0. The maximum atomic E-state index is 13.0. The molecule has 0 amide bonds. The van der Waals surface area contributed by atoms with Crippen LogP contribution >= 0.6 is 0 Å². The normalized spacial score (nSPS) is 20.7. The fourth-order valence-corrected chi connectivity index (χ4v) is 3.27. The highest BCUT2D eigenvalue weighted by Gasteiger charge is 2.62. The number of hydrogen-bond acceptors (Lipinski definition) is 5. The summed E-state index contributed by atoms with van der Waals surface area (Å²) in [6.45, 7) is 7.84. The number of esters is 2. The molecule has 0 saturated carbocycles. The van der Waals surface area contributed by atoms with Gasteiger partial charge in [-0.3, -0.25) is 9.59 Å². The van der Waals surface area contributed by atoms with Crippen molar-refractivity contribution in [3.8, 4) is 0 Å². The fourth-order valence-electron chi connectivity index (χ4n) is 3.27. The second kappa shape index (κ2) is 8.30. The van der Waals surface area contributed by atoms with E-state index in [2.05, 4.69) is 0 Å². The van der Waals surface area contributed by atoms with Crippen LogP contribution in [0.3, 0.4) is 0 Å². The third-order valence-corrected chi connectivity index (χ3v) is 4.29. The Morgan fingerprint density at radius 1 is 1.16 bits per heavy atom. The Morgan fingerprint density at radius 3 is 2.20 bits per heavy atom. The lowest BCUT2D eigenvalue weighted by Gasteiger charge is -2.32. The first-order valence-electron chi connectivity index (χ1n) is 8.70. The van der Waals surface area contributed by atoms with E-state index in [1.807, 2.05) is 50.3 Å². The van der Waals surface area contributed by atoms with Gasteiger partial charge in [0, 0.05) is 0 Å². The standard InChI is InChI=1S/C20H26O5/c1-5-23-18(21)20(19(22)24-6-2)16(13-25-17(20)14(3)4)12-15-10-8-7-9-11-15/h7-12,14,17H,5-6,13H2,1-4H3/b16-12-. The third-order valence-electron chi connectivity index (χ3n) is 4.29. The van der Waals surface area contributed by atoms with Crippen molar-refractivity contribution < 1.29 is 23.8 Å². The van der Waals surface area contributed by atoms with Gasteiger partial charge in [-0.15, -0.1) is 0 Å². The van der Waals surface area contributed by atoms with Crippen LogP contribution < -0.4 is 0 Å². The maximum Gasteiger partial charge on any atom is 0.330 e. The van der Waals surface area contributed by atoms with Crippen molar-refractivity contribution in [2.24, 2.45) is 11.3 Å². The highest BCUT2D eigenvalue weighted by molar-refractivity contribution is 6.06. The SMILES string of the molecule is CCOC(=O)C1(C(=O)OCC)/C(=C\c2ccccc2)COC1C(C)C. The van der Waals surface area contributed by atoms with Gasteiger partial charge in [0.05, 0.1) is 25.9 Å². The van der Waals surface area contributed by atoms with Crippen LogP contribution in [-0.2, 0) is 23.8 Å². The molecule has 1 fully saturated rings. The van der Waals surface area contributed by atoms with Crippen molar-refractivity contribution in [1.82, 2.24) is 0 Å². The molecule has 1 aliphatic heterocycles. The van der Waals surface area contributed by atoms with Crippen molar-refractivity contribution in [3.63, 3.8) is 0 Å². The Kier molecular flexibility index (Phi) is 6.37. The lowest BCUT2D eigenvalue weighted by atomic mass is 9.73. The molecule has 136 valence electrons. The first kappa shape index (κ1) is 19.2. The molecule has 1 aromatic rings. The summed E-state index contributed by atoms with van der Waals surface area (Å²) in [5.41, 5.74) is -0.0893. The van der Waals surface area contributed by atoms with Gasteiger partial charge in [-0.05, 0) is 30.9 Å². The van der Waals surface area contributed by atoms with E-state index in [9.17, 15) is 9.59 Å². The Balaban J connectivity index is 2.61. The van der Waals surface area contributed by atoms with Crippen molar-refractivity contribution in [1.29, 1.82) is 0 Å². The lowest BCUT2D eigenvalue weighted by Crippen LogP contribution is -2.51. The Labute approximate surface area is 149 Å². The van der Waals surface area contributed by atoms with E-state index in [-0.39, 0.29) is 25.7 Å². The summed E-state index contributed by atoms with van der Waals surface area (Å²) in [6, 6.07) is 9.54. The molecule has 1 heterocycles. The summed E-state index contributed by atoms with van der Waals surface area (Å²) >= 11 is 0. The molecule has 1 saturated heterocycles. The molecule has 1 unspecified atom stereocenters. The van der Waals surface area contributed by atoms with Gasteiger partial charge >= 0.3 is 11.9 Å². The van der Waals surface area contributed by atoms with E-state index in [4.69, 9.17) is 14.2 Å². The molecule has 1 aliphatic rings. The van der Waals surface area contributed by atoms with Crippen LogP contribution in [0.15, 0.2) is 35.9 Å². The van der Waals surface area contributed by atoms with E-state index < -0.39 is 23.5 Å². The first-order valence-corrected chi connectivity index (χ1v) is 8.70. The molecular formula is C20H26O5. The van der Waals surface area contributed by atoms with Crippen LogP contribution in [0.5, 0.6) is 0 Å². The zero-order valence-electron chi connectivity index (χ0n) is 15.3. The lowest BCUT2D eigenvalue weighted by molar-refractivity contribution is -0.175. The summed E-state index contributed by atoms with van der Waals surface area (Å²) in [7, 11) is 0. The zero-order valence-corrected chi connectivity index (χ0v) is 15.3. The van der Waals surface area contributed by atoms with Gasteiger partial charge in [0.2, 0.25) is 5.41 Å². The highest BCUT2D eigenvalue weighted by atomic mass is 16.6. The molecule has 1 aromatic carbocycles. The largest absolute Gasteiger partial charge is 0.465 e. The molecule has 0 N–H and O–H groups in total. The number of rotatable bonds is 6. The zero-order chi connectivity index (χ0) is 18.4. The van der Waals surface area contributed by atoms with Gasteiger partial charge in [0.25, 0.3) is 0 Å². The molecule has 2 rings (SSSR count). The maximum absolute atomic E-state index is 13.0. The topological polar surface area (TPSA) is 61.8 Å². The highest BCUT2D eigenvalue weighted by Crippen LogP contribution is 2.46. The van der Waals surface area contributed by atoms with Crippen molar-refractivity contribution in [3.05, 3.63) is 41.5 Å². The van der Waals surface area contributed by atoms with Gasteiger partial charge in [0.15, 0.2) is 0 Å². The van der Waals surface area contributed by atoms with Gasteiger partial charge in [0.1, 0.15) is 0 Å². The smallest absolute Gasteiger partial charge is 0.330 e. The molecule has 5 heteroatoms. The minimum absolute atomic E-state index is 0.0597. The molecule has 5 nitrogen and oxygen atoms in total. The molecular weight excluding hydrogens is 320 g/mol. The monoisotopic (exact) mass is 346 g/mol. The first-order chi connectivity index (χ1) is 12.0. The Morgan fingerprint density at radius 2 is 1.72 bits per heavy atom. The van der Waals surface area contributed by atoms with Crippen LogP contribution in [0.1, 0.15) is 33.3 Å². The average Bonchev–Trinajstić information content (AvgIpc) is 2.96. The van der Waals surface area contributed by atoms with Crippen molar-refractivity contribution in [2.75, 3.05) is 19.8 Å². The number of benzene rings is 1. The number of carbonyl (C=O) groups excluding carboxylic acids is 2. The minimum atomic E-state index is -1.56. The van der Waals surface area contributed by atoms with Gasteiger partial charge in [-0.2, -0.15) is 0 Å². The minimum Gasteiger partial charge on any atom is -0.465 e. The van der Waals surface area contributed by atoms with Crippen LogP contribution in [0, 0.1) is 11.3 Å². The van der Waals surface area contributed by atoms with E-state index in [0.29, 0.717) is 5.57 Å². The van der Waals surface area contributed by atoms with E-state index in [0.717, 1.165) is 5.56 Å². The summed E-state index contributed by atoms with van der Waals surface area (Å²) in [5.74, 6) is -1.27. The molecule has 0 aliphatic carbocycles. The molecule has 0 bridgehead atoms. The molecule has 0 radical (unpaired) electrons. The fraction of sp³-hybridized carbons (Fsp3) is 0.500. The van der Waals surface area contributed by atoms with Crippen molar-refractivity contribution in [2.45, 2.75) is 33.8 Å². The molecule has 0 spiro atoms. The second-order valence-electron chi connectivity index (χ2n) is 6.30. The van der Waals surface area contributed by atoms with Crippen LogP contribution in [0.4, 0.5) is 0 Å². The van der Waals surface area contributed by atoms with Crippen LogP contribution in [0.2, 0.25) is 0 Å². The molecule has 25 heavy (non-hydrogen) atoms. The Bertz CT molecular complexity index is 615. The van der Waals surface area contributed by atoms with E-state index in [1.54, 1.807) is 13.8 Å². The second-order valence-corrected chi connectivity index (χ2v) is 6.30. The Hall–Kier alpha value is -2.14. The van der Waals surface area contributed by atoms with Gasteiger partial charge < -0.3 is 14.2 Å². The van der Waals surface area contributed by atoms with E-state index >= 15 is 0 Å². The average molecular weight is 346 g/mol. The predicted octanol–water partition coefficient (Wildman–Crippen LogP) is 3.24. The quantitative estimate of drug-likeness (QED) is 0.584. The number of ether oxygens (including phenoxy) is 3. The van der Waals surface area contributed by atoms with Gasteiger partial charge in [-0.25, -0.2) is 0 Å².